The fourth-order valence-corrected chi connectivity index (χ4v) is 2.34. The summed E-state index contributed by atoms with van der Waals surface area (Å²) >= 11 is 1.15. The normalized spacial score (nSPS) is 10.1. The molecule has 1 aromatic carbocycles. The van der Waals surface area contributed by atoms with Crippen LogP contribution in [0.4, 0.5) is 0 Å². The minimum Gasteiger partial charge on any atom is -0.423 e. The van der Waals surface area contributed by atoms with Crippen molar-refractivity contribution >= 4 is 29.1 Å². The van der Waals surface area contributed by atoms with Crippen molar-refractivity contribution in [3.8, 4) is 0 Å². The Hall–Kier alpha value is -1.63. The molecule has 0 spiro atoms. The van der Waals surface area contributed by atoms with Crippen molar-refractivity contribution in [2.24, 2.45) is 0 Å². The smallest absolute Gasteiger partial charge is 0.423 e. The standard InChI is InChI=1S/C12H12BNO3S/c15-12(10-6-7-18-11(10)13(16)17)14-8-9-4-2-1-3-5-9/h1-7,16-17H,8H2,(H,14,15). The molecule has 4 nitrogen and oxygen atoms in total. The maximum Gasteiger partial charge on any atom is 0.499 e. The summed E-state index contributed by atoms with van der Waals surface area (Å²) in [6.07, 6.45) is 0. The molecule has 2 rings (SSSR count). The first-order valence-electron chi connectivity index (χ1n) is 5.44. The Kier molecular flexibility index (Phi) is 4.14. The number of hydrogen-bond acceptors (Lipinski definition) is 4. The minimum atomic E-state index is -1.61. The fraction of sp³-hybridized carbons (Fsp3) is 0.0833. The molecule has 1 aromatic heterocycles. The summed E-state index contributed by atoms with van der Waals surface area (Å²) in [5.41, 5.74) is 1.30. The van der Waals surface area contributed by atoms with Crippen molar-refractivity contribution in [3.63, 3.8) is 0 Å². The van der Waals surface area contributed by atoms with E-state index in [0.717, 1.165) is 16.9 Å². The highest BCUT2D eigenvalue weighted by molar-refractivity contribution is 7.21. The maximum absolute atomic E-state index is 11.9. The van der Waals surface area contributed by atoms with Gasteiger partial charge in [-0.3, -0.25) is 4.79 Å². The highest BCUT2D eigenvalue weighted by Gasteiger charge is 2.21. The van der Waals surface area contributed by atoms with E-state index in [-0.39, 0.29) is 10.7 Å². The lowest BCUT2D eigenvalue weighted by Gasteiger charge is -2.06. The van der Waals surface area contributed by atoms with Crippen LogP contribution in [0.2, 0.25) is 0 Å². The molecule has 0 aliphatic heterocycles. The van der Waals surface area contributed by atoms with Gasteiger partial charge >= 0.3 is 7.12 Å². The van der Waals surface area contributed by atoms with Crippen molar-refractivity contribution in [1.29, 1.82) is 0 Å². The molecule has 0 atom stereocenters. The number of rotatable bonds is 4. The Bertz CT molecular complexity index is 527. The van der Waals surface area contributed by atoms with E-state index in [1.54, 1.807) is 11.4 Å². The molecule has 1 amide bonds. The summed E-state index contributed by atoms with van der Waals surface area (Å²) in [6.45, 7) is 0.413. The quantitative estimate of drug-likeness (QED) is 0.696. The van der Waals surface area contributed by atoms with E-state index in [0.29, 0.717) is 12.1 Å². The zero-order valence-corrected chi connectivity index (χ0v) is 10.4. The number of carbonyl (C=O) groups is 1. The number of amides is 1. The van der Waals surface area contributed by atoms with Gasteiger partial charge in [0, 0.05) is 16.9 Å². The van der Waals surface area contributed by atoms with Crippen molar-refractivity contribution < 1.29 is 14.8 Å². The molecule has 0 radical (unpaired) electrons. The molecule has 6 heteroatoms. The van der Waals surface area contributed by atoms with Crippen LogP contribution < -0.4 is 10.1 Å². The number of thiophene rings is 1. The van der Waals surface area contributed by atoms with Crippen LogP contribution in [0.15, 0.2) is 41.8 Å². The van der Waals surface area contributed by atoms with Crippen LogP contribution in [0.5, 0.6) is 0 Å². The second-order valence-corrected chi connectivity index (χ2v) is 4.69. The van der Waals surface area contributed by atoms with E-state index in [1.165, 1.54) is 0 Å². The number of carbonyl (C=O) groups excluding carboxylic acids is 1. The summed E-state index contributed by atoms with van der Waals surface area (Å²) in [6, 6.07) is 11.1. The summed E-state index contributed by atoms with van der Waals surface area (Å²) in [5, 5.41) is 22.6. The molecule has 0 bridgehead atoms. The van der Waals surface area contributed by atoms with Crippen LogP contribution in [0, 0.1) is 0 Å². The lowest BCUT2D eigenvalue weighted by molar-refractivity contribution is 0.0952. The Morgan fingerprint density at radius 1 is 1.22 bits per heavy atom. The third-order valence-corrected chi connectivity index (χ3v) is 3.43. The third-order valence-electron chi connectivity index (χ3n) is 2.47. The largest absolute Gasteiger partial charge is 0.499 e. The molecule has 3 N–H and O–H groups in total. The van der Waals surface area contributed by atoms with Crippen LogP contribution in [0.1, 0.15) is 15.9 Å². The second kappa shape index (κ2) is 5.81. The Morgan fingerprint density at radius 3 is 2.61 bits per heavy atom. The first-order valence-corrected chi connectivity index (χ1v) is 6.32. The van der Waals surface area contributed by atoms with Gasteiger partial charge in [-0.2, -0.15) is 11.3 Å². The van der Waals surface area contributed by atoms with Gasteiger partial charge in [0.1, 0.15) is 0 Å². The van der Waals surface area contributed by atoms with Crippen LogP contribution in [-0.4, -0.2) is 23.1 Å². The summed E-state index contributed by atoms with van der Waals surface area (Å²) in [4.78, 5) is 11.9. The zero-order chi connectivity index (χ0) is 13.0. The maximum atomic E-state index is 11.9. The van der Waals surface area contributed by atoms with Gasteiger partial charge in [0.2, 0.25) is 0 Å². The molecule has 0 saturated carbocycles. The van der Waals surface area contributed by atoms with Crippen LogP contribution >= 0.6 is 11.3 Å². The van der Waals surface area contributed by atoms with E-state index in [2.05, 4.69) is 5.32 Å². The van der Waals surface area contributed by atoms with Crippen LogP contribution in [0.25, 0.3) is 0 Å². The first-order chi connectivity index (χ1) is 8.68. The van der Waals surface area contributed by atoms with E-state index in [4.69, 9.17) is 10.0 Å². The second-order valence-electron chi connectivity index (χ2n) is 3.74. The molecule has 2 aromatic rings. The average molecular weight is 261 g/mol. The van der Waals surface area contributed by atoms with Gasteiger partial charge in [0.25, 0.3) is 5.91 Å². The summed E-state index contributed by atoms with van der Waals surface area (Å²) in [7, 11) is -1.61. The molecule has 0 fully saturated rings. The summed E-state index contributed by atoms with van der Waals surface area (Å²) in [5.74, 6) is -0.303. The number of hydrogen-bond donors (Lipinski definition) is 3. The van der Waals surface area contributed by atoms with Gasteiger partial charge in [0.15, 0.2) is 0 Å². The SMILES string of the molecule is O=C(NCc1ccccc1)c1ccsc1B(O)O. The molecule has 92 valence electrons. The summed E-state index contributed by atoms with van der Waals surface area (Å²) < 4.78 is 0.264. The van der Waals surface area contributed by atoms with Crippen molar-refractivity contribution in [3.05, 3.63) is 52.9 Å². The van der Waals surface area contributed by atoms with Gasteiger partial charge < -0.3 is 15.4 Å². The van der Waals surface area contributed by atoms with Gasteiger partial charge in [-0.15, -0.1) is 0 Å². The van der Waals surface area contributed by atoms with Crippen molar-refractivity contribution in [1.82, 2.24) is 5.32 Å². The molecule has 1 heterocycles. The Balaban J connectivity index is 2.02. The lowest BCUT2D eigenvalue weighted by Crippen LogP contribution is -2.35. The average Bonchev–Trinajstić information content (AvgIpc) is 2.86. The fourth-order valence-electron chi connectivity index (χ4n) is 1.58. The van der Waals surface area contributed by atoms with E-state index < -0.39 is 7.12 Å². The van der Waals surface area contributed by atoms with E-state index >= 15 is 0 Å². The molecule has 18 heavy (non-hydrogen) atoms. The van der Waals surface area contributed by atoms with Crippen LogP contribution in [0.3, 0.4) is 0 Å². The predicted octanol–water partition coefficient (Wildman–Crippen LogP) is 0.358. The van der Waals surface area contributed by atoms with Crippen molar-refractivity contribution in [2.45, 2.75) is 6.54 Å². The molecule has 0 saturated heterocycles. The van der Waals surface area contributed by atoms with Gasteiger partial charge in [0.05, 0.1) is 0 Å². The molecule has 0 aliphatic carbocycles. The molecular formula is C12H12BNO3S. The highest BCUT2D eigenvalue weighted by Crippen LogP contribution is 2.05. The lowest BCUT2D eigenvalue weighted by atomic mass is 9.86. The molecule has 0 unspecified atom stereocenters. The first kappa shape index (κ1) is 12.8. The molecular weight excluding hydrogens is 249 g/mol. The topological polar surface area (TPSA) is 69.6 Å². The zero-order valence-electron chi connectivity index (χ0n) is 9.54. The minimum absolute atomic E-state index is 0.264. The van der Waals surface area contributed by atoms with Gasteiger partial charge in [-0.25, -0.2) is 0 Å². The van der Waals surface area contributed by atoms with Crippen LogP contribution in [-0.2, 0) is 6.54 Å². The number of nitrogens with one attached hydrogen (secondary N) is 1. The Morgan fingerprint density at radius 2 is 1.94 bits per heavy atom. The van der Waals surface area contributed by atoms with E-state index in [1.807, 2.05) is 30.3 Å². The monoisotopic (exact) mass is 261 g/mol. The number of benzene rings is 1. The van der Waals surface area contributed by atoms with Gasteiger partial charge in [-0.05, 0) is 17.0 Å². The predicted molar refractivity (Wildman–Crippen MR) is 71.8 cm³/mol. The highest BCUT2D eigenvalue weighted by atomic mass is 32.1. The third kappa shape index (κ3) is 2.98. The Labute approximate surface area is 109 Å². The molecule has 0 aliphatic rings. The van der Waals surface area contributed by atoms with E-state index in [9.17, 15) is 4.79 Å². The van der Waals surface area contributed by atoms with Crippen molar-refractivity contribution in [2.75, 3.05) is 0 Å². The van der Waals surface area contributed by atoms with Gasteiger partial charge in [-0.1, -0.05) is 30.3 Å².